The van der Waals surface area contributed by atoms with Gasteiger partial charge < -0.3 is 15.5 Å². The van der Waals surface area contributed by atoms with Crippen molar-refractivity contribution in [2.24, 2.45) is 11.8 Å². The number of amides is 1. The van der Waals surface area contributed by atoms with Crippen LogP contribution < -0.4 is 5.32 Å². The Bertz CT molecular complexity index is 557. The molecule has 0 aliphatic heterocycles. The average molecular weight is 275 g/mol. The third-order valence-electron chi connectivity index (χ3n) is 4.39. The van der Waals surface area contributed by atoms with E-state index in [1.54, 1.807) is 0 Å². The SMILES string of the molecule is O=C(NC[C@H](O)C(=O)O)C1C2CCc3ccccc3C21. The van der Waals surface area contributed by atoms with Crippen LogP contribution in [0.3, 0.4) is 0 Å². The molecule has 3 rings (SSSR count). The van der Waals surface area contributed by atoms with E-state index in [9.17, 15) is 14.7 Å². The zero-order valence-corrected chi connectivity index (χ0v) is 11.0. The highest BCUT2D eigenvalue weighted by Gasteiger charge is 2.56. The number of rotatable bonds is 4. The molecule has 1 aromatic rings. The topological polar surface area (TPSA) is 86.6 Å². The van der Waals surface area contributed by atoms with E-state index in [0.717, 1.165) is 12.8 Å². The molecule has 1 saturated carbocycles. The Kier molecular flexibility index (Phi) is 3.22. The number of carbonyl (C=O) groups excluding carboxylic acids is 1. The lowest BCUT2D eigenvalue weighted by Crippen LogP contribution is -2.37. The fourth-order valence-electron chi connectivity index (χ4n) is 3.33. The van der Waals surface area contributed by atoms with Gasteiger partial charge in [-0.1, -0.05) is 24.3 Å². The summed E-state index contributed by atoms with van der Waals surface area (Å²) in [5.41, 5.74) is 2.57. The number of aliphatic hydroxyl groups is 1. The maximum atomic E-state index is 12.1. The predicted molar refractivity (Wildman–Crippen MR) is 71.1 cm³/mol. The van der Waals surface area contributed by atoms with Gasteiger partial charge in [-0.25, -0.2) is 4.79 Å². The number of benzene rings is 1. The van der Waals surface area contributed by atoms with Gasteiger partial charge in [0.2, 0.25) is 5.91 Å². The van der Waals surface area contributed by atoms with E-state index in [0.29, 0.717) is 5.92 Å². The zero-order chi connectivity index (χ0) is 14.3. The van der Waals surface area contributed by atoms with Crippen LogP contribution >= 0.6 is 0 Å². The summed E-state index contributed by atoms with van der Waals surface area (Å²) in [6.45, 7) is -0.230. The summed E-state index contributed by atoms with van der Waals surface area (Å²) in [4.78, 5) is 22.6. The van der Waals surface area contributed by atoms with Crippen molar-refractivity contribution < 1.29 is 19.8 Å². The van der Waals surface area contributed by atoms with Crippen LogP contribution in [0.5, 0.6) is 0 Å². The molecule has 1 aromatic carbocycles. The number of carboxylic acids is 1. The van der Waals surface area contributed by atoms with Gasteiger partial charge in [-0.05, 0) is 35.8 Å². The van der Waals surface area contributed by atoms with Gasteiger partial charge in [-0.3, -0.25) is 4.79 Å². The number of aryl methyl sites for hydroxylation is 1. The molecular weight excluding hydrogens is 258 g/mol. The Morgan fingerprint density at radius 1 is 1.35 bits per heavy atom. The van der Waals surface area contributed by atoms with Crippen molar-refractivity contribution in [3.63, 3.8) is 0 Å². The van der Waals surface area contributed by atoms with Gasteiger partial charge in [0, 0.05) is 5.92 Å². The first-order valence-corrected chi connectivity index (χ1v) is 6.86. The minimum Gasteiger partial charge on any atom is -0.479 e. The van der Waals surface area contributed by atoms with Gasteiger partial charge in [-0.15, -0.1) is 0 Å². The van der Waals surface area contributed by atoms with Crippen molar-refractivity contribution in [1.29, 1.82) is 0 Å². The van der Waals surface area contributed by atoms with Crippen molar-refractivity contribution >= 4 is 11.9 Å². The minimum absolute atomic E-state index is 0.0698. The Morgan fingerprint density at radius 2 is 2.10 bits per heavy atom. The Morgan fingerprint density at radius 3 is 2.85 bits per heavy atom. The summed E-state index contributed by atoms with van der Waals surface area (Å²) in [5.74, 6) is -0.894. The number of carbonyl (C=O) groups is 2. The van der Waals surface area contributed by atoms with Crippen LogP contribution in [-0.4, -0.2) is 34.7 Å². The third-order valence-corrected chi connectivity index (χ3v) is 4.39. The molecule has 0 spiro atoms. The van der Waals surface area contributed by atoms with Crippen LogP contribution in [0, 0.1) is 11.8 Å². The smallest absolute Gasteiger partial charge is 0.334 e. The lowest BCUT2D eigenvalue weighted by atomic mass is 9.92. The maximum absolute atomic E-state index is 12.1. The molecule has 106 valence electrons. The van der Waals surface area contributed by atoms with Crippen LogP contribution in [0.25, 0.3) is 0 Å². The van der Waals surface area contributed by atoms with Crippen LogP contribution in [-0.2, 0) is 16.0 Å². The molecule has 2 aliphatic rings. The van der Waals surface area contributed by atoms with E-state index < -0.39 is 12.1 Å². The number of nitrogens with one attached hydrogen (secondary N) is 1. The summed E-state index contributed by atoms with van der Waals surface area (Å²) in [6.07, 6.45) is 0.465. The number of aliphatic carboxylic acids is 1. The Balaban J connectivity index is 1.64. The molecule has 1 fully saturated rings. The second kappa shape index (κ2) is 4.90. The van der Waals surface area contributed by atoms with Crippen molar-refractivity contribution in [2.45, 2.75) is 24.9 Å². The predicted octanol–water partition coefficient (Wildman–Crippen LogP) is 0.524. The highest BCUT2D eigenvalue weighted by molar-refractivity contribution is 5.84. The summed E-state index contributed by atoms with van der Waals surface area (Å²) < 4.78 is 0. The second-order valence-corrected chi connectivity index (χ2v) is 5.55. The lowest BCUT2D eigenvalue weighted by molar-refractivity contribution is -0.146. The summed E-state index contributed by atoms with van der Waals surface area (Å²) >= 11 is 0. The minimum atomic E-state index is -1.54. The maximum Gasteiger partial charge on any atom is 0.334 e. The fourth-order valence-corrected chi connectivity index (χ4v) is 3.33. The van der Waals surface area contributed by atoms with Gasteiger partial charge in [0.1, 0.15) is 0 Å². The number of hydrogen-bond donors (Lipinski definition) is 3. The number of fused-ring (bicyclic) bond motifs is 3. The van der Waals surface area contributed by atoms with E-state index in [1.807, 2.05) is 12.1 Å². The number of aliphatic hydroxyl groups excluding tert-OH is 1. The standard InChI is InChI=1S/C15H17NO4/c17-11(15(19)20)7-16-14(18)13-10-6-5-8-3-1-2-4-9(8)12(10)13/h1-4,10-13,17H,5-7H2,(H,16,18)(H,19,20)/t10?,11-,12?,13?/m0/s1. The van der Waals surface area contributed by atoms with Gasteiger partial charge >= 0.3 is 5.97 Å². The highest BCUT2D eigenvalue weighted by Crippen LogP contribution is 2.59. The molecule has 0 heterocycles. The van der Waals surface area contributed by atoms with Crippen LogP contribution in [0.2, 0.25) is 0 Å². The molecule has 20 heavy (non-hydrogen) atoms. The molecule has 0 radical (unpaired) electrons. The molecule has 1 amide bonds. The van der Waals surface area contributed by atoms with Crippen molar-refractivity contribution in [1.82, 2.24) is 5.32 Å². The highest BCUT2D eigenvalue weighted by atomic mass is 16.4. The zero-order valence-electron chi connectivity index (χ0n) is 11.0. The first-order chi connectivity index (χ1) is 9.59. The van der Waals surface area contributed by atoms with Gasteiger partial charge in [-0.2, -0.15) is 0 Å². The van der Waals surface area contributed by atoms with Crippen LogP contribution in [0.1, 0.15) is 23.5 Å². The van der Waals surface area contributed by atoms with Crippen molar-refractivity contribution in [2.75, 3.05) is 6.54 Å². The first-order valence-electron chi connectivity index (χ1n) is 6.86. The molecule has 5 nitrogen and oxygen atoms in total. The number of carboxylic acid groups (broad SMARTS) is 1. The quantitative estimate of drug-likeness (QED) is 0.748. The van der Waals surface area contributed by atoms with Crippen molar-refractivity contribution in [3.05, 3.63) is 35.4 Å². The molecular formula is C15H17NO4. The third kappa shape index (κ3) is 2.18. The largest absolute Gasteiger partial charge is 0.479 e. The summed E-state index contributed by atoms with van der Waals surface area (Å²) in [5, 5.41) is 20.3. The van der Waals surface area contributed by atoms with Crippen LogP contribution in [0.4, 0.5) is 0 Å². The van der Waals surface area contributed by atoms with Gasteiger partial charge in [0.25, 0.3) is 0 Å². The average Bonchev–Trinajstić information content (AvgIpc) is 3.19. The monoisotopic (exact) mass is 275 g/mol. The number of hydrogen-bond acceptors (Lipinski definition) is 3. The molecule has 2 aliphatic carbocycles. The first kappa shape index (κ1) is 13.1. The molecule has 3 unspecified atom stereocenters. The molecule has 4 atom stereocenters. The molecule has 0 bridgehead atoms. The summed E-state index contributed by atoms with van der Waals surface area (Å²) in [6, 6.07) is 8.18. The molecule has 0 aromatic heterocycles. The lowest BCUT2D eigenvalue weighted by Gasteiger charge is -2.13. The normalized spacial score (nSPS) is 27.9. The molecule has 3 N–H and O–H groups in total. The van der Waals surface area contributed by atoms with Crippen molar-refractivity contribution in [3.8, 4) is 0 Å². The van der Waals surface area contributed by atoms with E-state index in [-0.39, 0.29) is 24.3 Å². The van der Waals surface area contributed by atoms with E-state index in [2.05, 4.69) is 17.4 Å². The van der Waals surface area contributed by atoms with E-state index in [4.69, 9.17) is 5.11 Å². The second-order valence-electron chi connectivity index (χ2n) is 5.55. The Labute approximate surface area is 116 Å². The van der Waals surface area contributed by atoms with Gasteiger partial charge in [0.05, 0.1) is 6.54 Å². The van der Waals surface area contributed by atoms with Gasteiger partial charge in [0.15, 0.2) is 6.10 Å². The van der Waals surface area contributed by atoms with E-state index >= 15 is 0 Å². The molecule has 5 heteroatoms. The Hall–Kier alpha value is -1.88. The molecule has 0 saturated heterocycles. The summed E-state index contributed by atoms with van der Waals surface area (Å²) in [7, 11) is 0. The fraction of sp³-hybridized carbons (Fsp3) is 0.467. The van der Waals surface area contributed by atoms with E-state index in [1.165, 1.54) is 11.1 Å². The van der Waals surface area contributed by atoms with Crippen LogP contribution in [0.15, 0.2) is 24.3 Å².